The molecule has 2 heteroatoms. The summed E-state index contributed by atoms with van der Waals surface area (Å²) in [5, 5.41) is 4.35. The van der Waals surface area contributed by atoms with E-state index in [1.54, 1.807) is 0 Å². The van der Waals surface area contributed by atoms with Crippen LogP contribution >= 0.6 is 11.6 Å². The van der Waals surface area contributed by atoms with Crippen molar-refractivity contribution in [1.82, 2.24) is 0 Å². The SMILES string of the molecule is CC1(C)CC(C)(C)c2ccc(Cl)cc2N1. The molecule has 1 aliphatic rings. The molecule has 0 radical (unpaired) electrons. The molecule has 0 saturated heterocycles. The molecule has 1 N–H and O–H groups in total. The minimum absolute atomic E-state index is 0.140. The Hall–Kier alpha value is -0.690. The third-order valence-electron chi connectivity index (χ3n) is 3.07. The van der Waals surface area contributed by atoms with Crippen molar-refractivity contribution in [2.45, 2.75) is 45.1 Å². The first kappa shape index (κ1) is 10.8. The Balaban J connectivity index is 2.55. The molecule has 0 spiro atoms. The number of rotatable bonds is 0. The lowest BCUT2D eigenvalue weighted by Gasteiger charge is -2.43. The zero-order valence-electron chi connectivity index (χ0n) is 9.82. The number of fused-ring (bicyclic) bond motifs is 1. The predicted molar refractivity (Wildman–Crippen MR) is 66.8 cm³/mol. The Morgan fingerprint density at radius 1 is 1.20 bits per heavy atom. The molecule has 0 unspecified atom stereocenters. The lowest BCUT2D eigenvalue weighted by molar-refractivity contribution is 0.355. The molecule has 0 aliphatic carbocycles. The summed E-state index contributed by atoms with van der Waals surface area (Å²) in [6.45, 7) is 9.06. The van der Waals surface area contributed by atoms with Gasteiger partial charge >= 0.3 is 0 Å². The van der Waals surface area contributed by atoms with Gasteiger partial charge in [-0.15, -0.1) is 0 Å². The van der Waals surface area contributed by atoms with E-state index in [9.17, 15) is 0 Å². The summed E-state index contributed by atoms with van der Waals surface area (Å²) in [5.74, 6) is 0. The Bertz CT molecular complexity index is 394. The molecule has 1 heterocycles. The Kier molecular flexibility index (Phi) is 2.27. The van der Waals surface area contributed by atoms with E-state index in [4.69, 9.17) is 11.6 Å². The Morgan fingerprint density at radius 2 is 1.87 bits per heavy atom. The number of halogens is 1. The van der Waals surface area contributed by atoms with Gasteiger partial charge in [-0.1, -0.05) is 31.5 Å². The van der Waals surface area contributed by atoms with Gasteiger partial charge in [0.15, 0.2) is 0 Å². The van der Waals surface area contributed by atoms with E-state index in [1.807, 2.05) is 12.1 Å². The van der Waals surface area contributed by atoms with E-state index in [-0.39, 0.29) is 11.0 Å². The largest absolute Gasteiger partial charge is 0.380 e. The fraction of sp³-hybridized carbons (Fsp3) is 0.538. The zero-order valence-corrected chi connectivity index (χ0v) is 10.6. The lowest BCUT2D eigenvalue weighted by atomic mass is 9.71. The molecule has 0 saturated carbocycles. The molecule has 82 valence electrons. The van der Waals surface area contributed by atoms with Crippen LogP contribution < -0.4 is 5.32 Å². The second-order valence-electron chi connectivity index (χ2n) is 5.76. The third kappa shape index (κ3) is 1.98. The van der Waals surface area contributed by atoms with Crippen LogP contribution in [-0.2, 0) is 5.41 Å². The molecular formula is C13H18ClN. The molecule has 0 fully saturated rings. The maximum absolute atomic E-state index is 6.02. The normalized spacial score (nSPS) is 21.7. The number of nitrogens with one attached hydrogen (secondary N) is 1. The van der Waals surface area contributed by atoms with Crippen LogP contribution in [0.1, 0.15) is 39.7 Å². The van der Waals surface area contributed by atoms with Gasteiger partial charge in [0.25, 0.3) is 0 Å². The molecule has 0 bridgehead atoms. The quantitative estimate of drug-likeness (QED) is 0.695. The van der Waals surface area contributed by atoms with Crippen molar-refractivity contribution in [3.63, 3.8) is 0 Å². The van der Waals surface area contributed by atoms with Crippen molar-refractivity contribution in [1.29, 1.82) is 0 Å². The molecule has 2 rings (SSSR count). The van der Waals surface area contributed by atoms with Gasteiger partial charge in [-0.05, 0) is 43.4 Å². The molecule has 1 aromatic carbocycles. The Morgan fingerprint density at radius 3 is 2.53 bits per heavy atom. The molecular weight excluding hydrogens is 206 g/mol. The first-order valence-electron chi connectivity index (χ1n) is 5.38. The first-order chi connectivity index (χ1) is 6.80. The van der Waals surface area contributed by atoms with E-state index < -0.39 is 0 Å². The third-order valence-corrected chi connectivity index (χ3v) is 3.30. The Labute approximate surface area is 96.8 Å². The molecule has 1 aliphatic heterocycles. The monoisotopic (exact) mass is 223 g/mol. The second kappa shape index (κ2) is 3.15. The first-order valence-corrected chi connectivity index (χ1v) is 5.76. The summed E-state index contributed by atoms with van der Waals surface area (Å²) < 4.78 is 0. The summed E-state index contributed by atoms with van der Waals surface area (Å²) in [4.78, 5) is 0. The van der Waals surface area contributed by atoms with Crippen molar-refractivity contribution in [3.8, 4) is 0 Å². The summed E-state index contributed by atoms with van der Waals surface area (Å²) in [7, 11) is 0. The highest BCUT2D eigenvalue weighted by molar-refractivity contribution is 6.30. The van der Waals surface area contributed by atoms with Crippen LogP contribution in [0.4, 0.5) is 5.69 Å². The molecule has 1 nitrogen and oxygen atoms in total. The van der Waals surface area contributed by atoms with Gasteiger partial charge in [0.2, 0.25) is 0 Å². The average Bonchev–Trinajstić information content (AvgIpc) is 1.97. The summed E-state index contributed by atoms with van der Waals surface area (Å²) >= 11 is 6.02. The van der Waals surface area contributed by atoms with Gasteiger partial charge in [0.1, 0.15) is 0 Å². The number of hydrogen-bond donors (Lipinski definition) is 1. The van der Waals surface area contributed by atoms with Crippen LogP contribution in [0.25, 0.3) is 0 Å². The van der Waals surface area contributed by atoms with E-state index in [0.29, 0.717) is 0 Å². The van der Waals surface area contributed by atoms with Crippen LogP contribution in [0.5, 0.6) is 0 Å². The van der Waals surface area contributed by atoms with Crippen molar-refractivity contribution in [2.75, 3.05) is 5.32 Å². The molecule has 0 atom stereocenters. The van der Waals surface area contributed by atoms with Crippen molar-refractivity contribution in [2.24, 2.45) is 0 Å². The number of anilines is 1. The molecule has 0 aromatic heterocycles. The van der Waals surface area contributed by atoms with E-state index >= 15 is 0 Å². The summed E-state index contributed by atoms with van der Waals surface area (Å²) in [6, 6.07) is 6.14. The van der Waals surface area contributed by atoms with Crippen LogP contribution in [0.3, 0.4) is 0 Å². The molecule has 15 heavy (non-hydrogen) atoms. The summed E-state index contributed by atoms with van der Waals surface area (Å²) in [5.41, 5.74) is 2.91. The lowest BCUT2D eigenvalue weighted by Crippen LogP contribution is -2.43. The highest BCUT2D eigenvalue weighted by Gasteiger charge is 2.36. The van der Waals surface area contributed by atoms with Crippen molar-refractivity contribution >= 4 is 17.3 Å². The fourth-order valence-corrected chi connectivity index (χ4v) is 2.99. The minimum Gasteiger partial charge on any atom is -0.380 e. The zero-order chi connectivity index (χ0) is 11.3. The van der Waals surface area contributed by atoms with Gasteiger partial charge in [-0.3, -0.25) is 0 Å². The smallest absolute Gasteiger partial charge is 0.0426 e. The van der Waals surface area contributed by atoms with Crippen LogP contribution in [0, 0.1) is 0 Å². The van der Waals surface area contributed by atoms with Gasteiger partial charge < -0.3 is 5.32 Å². The van der Waals surface area contributed by atoms with Crippen molar-refractivity contribution < 1.29 is 0 Å². The summed E-state index contributed by atoms with van der Waals surface area (Å²) in [6.07, 6.45) is 1.13. The van der Waals surface area contributed by atoms with Gasteiger partial charge in [0.05, 0.1) is 0 Å². The van der Waals surface area contributed by atoms with E-state index in [0.717, 1.165) is 11.4 Å². The molecule has 0 amide bonds. The van der Waals surface area contributed by atoms with Crippen molar-refractivity contribution in [3.05, 3.63) is 28.8 Å². The fourth-order valence-electron chi connectivity index (χ4n) is 2.82. The number of benzene rings is 1. The molecule has 1 aromatic rings. The predicted octanol–water partition coefficient (Wildman–Crippen LogP) is 4.21. The maximum Gasteiger partial charge on any atom is 0.0426 e. The van der Waals surface area contributed by atoms with Gasteiger partial charge in [-0.25, -0.2) is 0 Å². The van der Waals surface area contributed by atoms with Gasteiger partial charge in [-0.2, -0.15) is 0 Å². The number of hydrogen-bond acceptors (Lipinski definition) is 1. The highest BCUT2D eigenvalue weighted by atomic mass is 35.5. The van der Waals surface area contributed by atoms with Crippen LogP contribution in [0.15, 0.2) is 18.2 Å². The second-order valence-corrected chi connectivity index (χ2v) is 6.20. The average molecular weight is 224 g/mol. The van der Waals surface area contributed by atoms with Gasteiger partial charge in [0, 0.05) is 16.2 Å². The highest BCUT2D eigenvalue weighted by Crippen LogP contribution is 2.43. The maximum atomic E-state index is 6.02. The topological polar surface area (TPSA) is 12.0 Å². The van der Waals surface area contributed by atoms with Crippen LogP contribution in [-0.4, -0.2) is 5.54 Å². The van der Waals surface area contributed by atoms with E-state index in [2.05, 4.69) is 39.1 Å². The van der Waals surface area contributed by atoms with Crippen LogP contribution in [0.2, 0.25) is 5.02 Å². The minimum atomic E-state index is 0.140. The van der Waals surface area contributed by atoms with E-state index in [1.165, 1.54) is 11.3 Å². The standard InChI is InChI=1S/C13H18ClN/c1-12(2)8-13(3,4)15-11-7-9(14)5-6-10(11)12/h5-7,15H,8H2,1-4H3.